The van der Waals surface area contributed by atoms with Crippen LogP contribution in [0.3, 0.4) is 0 Å². The lowest BCUT2D eigenvalue weighted by atomic mass is 10.1. The van der Waals surface area contributed by atoms with E-state index in [1.165, 1.54) is 16.9 Å². The smallest absolute Gasteiger partial charge is 0.337 e. The number of esters is 1. The van der Waals surface area contributed by atoms with Crippen LogP contribution in [0.5, 0.6) is 0 Å². The maximum absolute atomic E-state index is 12.3. The van der Waals surface area contributed by atoms with Gasteiger partial charge >= 0.3 is 12.0 Å². The molecular formula is C18H22N2O3S. The van der Waals surface area contributed by atoms with E-state index >= 15 is 0 Å². The van der Waals surface area contributed by atoms with Crippen LogP contribution in [0, 0.1) is 20.8 Å². The fraction of sp³-hybridized carbons (Fsp3) is 0.333. The van der Waals surface area contributed by atoms with Gasteiger partial charge in [0.05, 0.1) is 18.7 Å². The van der Waals surface area contributed by atoms with Gasteiger partial charge in [0.25, 0.3) is 0 Å². The predicted octanol–water partition coefficient (Wildman–Crippen LogP) is 4.34. The summed E-state index contributed by atoms with van der Waals surface area (Å²) in [7, 11) is 1.33. The molecule has 0 bridgehead atoms. The van der Waals surface area contributed by atoms with Crippen LogP contribution in [-0.4, -0.2) is 19.1 Å². The second kappa shape index (κ2) is 7.49. The molecule has 2 rings (SSSR count). The largest absolute Gasteiger partial charge is 0.465 e. The number of hydrogen-bond donors (Lipinski definition) is 2. The van der Waals surface area contributed by atoms with E-state index in [1.807, 2.05) is 20.8 Å². The Balaban J connectivity index is 2.09. The number of amides is 2. The Kier molecular flexibility index (Phi) is 5.62. The summed E-state index contributed by atoms with van der Waals surface area (Å²) in [5.41, 5.74) is 2.97. The summed E-state index contributed by atoms with van der Waals surface area (Å²) >= 11 is 1.72. The molecule has 1 heterocycles. The SMILES string of the molecule is COC(=O)c1ccc(C)c(NC(=O)N[C@H](C)c2cc(C)sc2C)c1. The molecule has 0 aliphatic carbocycles. The first-order chi connectivity index (χ1) is 11.3. The minimum absolute atomic E-state index is 0.0981. The molecule has 0 saturated carbocycles. The molecule has 0 fully saturated rings. The molecule has 1 atom stereocenters. The molecule has 5 nitrogen and oxygen atoms in total. The molecule has 0 aliphatic rings. The maximum Gasteiger partial charge on any atom is 0.337 e. The molecule has 1 aromatic heterocycles. The number of urea groups is 1. The number of methoxy groups -OCH3 is 1. The average molecular weight is 346 g/mol. The molecule has 1 aromatic carbocycles. The second-order valence-corrected chi connectivity index (χ2v) is 7.17. The van der Waals surface area contributed by atoms with Gasteiger partial charge in [-0.2, -0.15) is 0 Å². The van der Waals surface area contributed by atoms with Gasteiger partial charge in [-0.3, -0.25) is 0 Å². The van der Waals surface area contributed by atoms with Crippen molar-refractivity contribution in [2.75, 3.05) is 12.4 Å². The third kappa shape index (κ3) is 4.14. The van der Waals surface area contributed by atoms with Gasteiger partial charge in [-0.1, -0.05) is 6.07 Å². The van der Waals surface area contributed by atoms with Crippen molar-refractivity contribution in [3.63, 3.8) is 0 Å². The quantitative estimate of drug-likeness (QED) is 0.809. The lowest BCUT2D eigenvalue weighted by molar-refractivity contribution is 0.0600. The van der Waals surface area contributed by atoms with Gasteiger partial charge < -0.3 is 15.4 Å². The Hall–Kier alpha value is -2.34. The van der Waals surface area contributed by atoms with Gasteiger partial charge in [0, 0.05) is 15.4 Å². The molecule has 0 unspecified atom stereocenters. The number of thiophene rings is 1. The number of rotatable bonds is 4. The minimum atomic E-state index is -0.434. The van der Waals surface area contributed by atoms with Crippen molar-refractivity contribution in [3.8, 4) is 0 Å². The Bertz CT molecular complexity index is 768. The van der Waals surface area contributed by atoms with E-state index in [-0.39, 0.29) is 12.1 Å². The van der Waals surface area contributed by atoms with Crippen LogP contribution in [0.4, 0.5) is 10.5 Å². The molecule has 2 amide bonds. The van der Waals surface area contributed by atoms with Gasteiger partial charge in [0.2, 0.25) is 0 Å². The molecule has 6 heteroatoms. The van der Waals surface area contributed by atoms with E-state index in [4.69, 9.17) is 4.74 Å². The number of carbonyl (C=O) groups is 2. The van der Waals surface area contributed by atoms with Gasteiger partial charge in [-0.05, 0) is 57.0 Å². The van der Waals surface area contributed by atoms with E-state index in [2.05, 4.69) is 23.6 Å². The number of ether oxygens (including phenoxy) is 1. The standard InChI is InChI=1S/C18H22N2O3S/c1-10-6-7-14(17(21)23-5)9-16(10)20-18(22)19-12(3)15-8-11(2)24-13(15)4/h6-9,12H,1-5H3,(H2,19,20,22)/t12-/m1/s1. The molecule has 0 spiro atoms. The van der Waals surface area contributed by atoms with E-state index in [1.54, 1.807) is 29.5 Å². The van der Waals surface area contributed by atoms with Crippen LogP contribution in [0.15, 0.2) is 24.3 Å². The van der Waals surface area contributed by atoms with Gasteiger partial charge in [-0.15, -0.1) is 11.3 Å². The van der Waals surface area contributed by atoms with Gasteiger partial charge in [0.15, 0.2) is 0 Å². The summed E-state index contributed by atoms with van der Waals surface area (Å²) in [6, 6.07) is 6.75. The number of hydrogen-bond acceptors (Lipinski definition) is 4. The molecular weight excluding hydrogens is 324 g/mol. The lowest BCUT2D eigenvalue weighted by Crippen LogP contribution is -2.31. The minimum Gasteiger partial charge on any atom is -0.465 e. The normalized spacial score (nSPS) is 11.7. The van der Waals surface area contributed by atoms with E-state index in [9.17, 15) is 9.59 Å². The highest BCUT2D eigenvalue weighted by Gasteiger charge is 2.15. The highest BCUT2D eigenvalue weighted by molar-refractivity contribution is 7.12. The Morgan fingerprint density at radius 1 is 1.17 bits per heavy atom. The molecule has 0 radical (unpaired) electrons. The number of nitrogens with one attached hydrogen (secondary N) is 2. The zero-order chi connectivity index (χ0) is 17.9. The number of anilines is 1. The monoisotopic (exact) mass is 346 g/mol. The van der Waals surface area contributed by atoms with Crippen LogP contribution in [0.2, 0.25) is 0 Å². The highest BCUT2D eigenvalue weighted by atomic mass is 32.1. The van der Waals surface area contributed by atoms with Crippen LogP contribution >= 0.6 is 11.3 Å². The van der Waals surface area contributed by atoms with Crippen molar-refractivity contribution in [1.29, 1.82) is 0 Å². The summed E-state index contributed by atoms with van der Waals surface area (Å²) in [5, 5.41) is 5.73. The Morgan fingerprint density at radius 3 is 2.46 bits per heavy atom. The van der Waals surface area contributed by atoms with Gasteiger partial charge in [-0.25, -0.2) is 9.59 Å². The van der Waals surface area contributed by atoms with Crippen LogP contribution in [0.25, 0.3) is 0 Å². The number of aryl methyl sites for hydroxylation is 3. The second-order valence-electron chi connectivity index (χ2n) is 5.71. The Labute approximate surface area is 146 Å². The van der Waals surface area contributed by atoms with Crippen LogP contribution in [-0.2, 0) is 4.74 Å². The van der Waals surface area contributed by atoms with E-state index in [0.29, 0.717) is 11.3 Å². The average Bonchev–Trinajstić information content (AvgIpc) is 2.87. The van der Waals surface area contributed by atoms with Crippen molar-refractivity contribution >= 4 is 29.0 Å². The summed E-state index contributed by atoms with van der Waals surface area (Å²) in [4.78, 5) is 26.3. The number of carbonyl (C=O) groups excluding carboxylic acids is 2. The first kappa shape index (κ1) is 18.0. The summed E-state index contributed by atoms with van der Waals surface area (Å²) in [6.07, 6.45) is 0. The zero-order valence-corrected chi connectivity index (χ0v) is 15.3. The van der Waals surface area contributed by atoms with Crippen molar-refractivity contribution in [2.24, 2.45) is 0 Å². The summed E-state index contributed by atoms with van der Waals surface area (Å²) in [5.74, 6) is -0.434. The van der Waals surface area contributed by atoms with Crippen molar-refractivity contribution < 1.29 is 14.3 Å². The van der Waals surface area contributed by atoms with Crippen molar-refractivity contribution in [1.82, 2.24) is 5.32 Å². The zero-order valence-electron chi connectivity index (χ0n) is 14.5. The number of benzene rings is 1. The van der Waals surface area contributed by atoms with E-state index in [0.717, 1.165) is 11.1 Å². The molecule has 24 heavy (non-hydrogen) atoms. The fourth-order valence-electron chi connectivity index (χ4n) is 2.51. The third-order valence-electron chi connectivity index (χ3n) is 3.80. The molecule has 0 saturated heterocycles. The Morgan fingerprint density at radius 2 is 1.88 bits per heavy atom. The van der Waals surface area contributed by atoms with Crippen molar-refractivity contribution in [3.05, 3.63) is 50.7 Å². The predicted molar refractivity (Wildman–Crippen MR) is 96.9 cm³/mol. The highest BCUT2D eigenvalue weighted by Crippen LogP contribution is 2.26. The lowest BCUT2D eigenvalue weighted by Gasteiger charge is -2.16. The van der Waals surface area contributed by atoms with Gasteiger partial charge in [0.1, 0.15) is 0 Å². The summed E-state index contributed by atoms with van der Waals surface area (Å²) < 4.78 is 4.71. The summed E-state index contributed by atoms with van der Waals surface area (Å²) in [6.45, 7) is 7.92. The first-order valence-corrected chi connectivity index (χ1v) is 8.47. The topological polar surface area (TPSA) is 67.4 Å². The van der Waals surface area contributed by atoms with Crippen LogP contribution < -0.4 is 10.6 Å². The molecule has 128 valence electrons. The molecule has 2 aromatic rings. The third-order valence-corrected chi connectivity index (χ3v) is 4.78. The maximum atomic E-state index is 12.3. The van der Waals surface area contributed by atoms with E-state index < -0.39 is 5.97 Å². The molecule has 0 aliphatic heterocycles. The fourth-order valence-corrected chi connectivity index (χ4v) is 3.54. The van der Waals surface area contributed by atoms with Crippen LogP contribution in [0.1, 0.15) is 44.2 Å². The van der Waals surface area contributed by atoms with Crippen molar-refractivity contribution in [2.45, 2.75) is 33.7 Å². The molecule has 2 N–H and O–H groups in total. The first-order valence-electron chi connectivity index (χ1n) is 7.65.